The quantitative estimate of drug-likeness (QED) is 0.460. The highest BCUT2D eigenvalue weighted by Gasteiger charge is 2.04. The molecule has 1 aliphatic heterocycles. The first-order chi connectivity index (χ1) is 4.93. The summed E-state index contributed by atoms with van der Waals surface area (Å²) < 4.78 is 0. The lowest BCUT2D eigenvalue weighted by molar-refractivity contribution is 1.44. The van der Waals surface area contributed by atoms with E-state index in [2.05, 4.69) is 29.7 Å². The van der Waals surface area contributed by atoms with Gasteiger partial charge in [-0.2, -0.15) is 0 Å². The van der Waals surface area contributed by atoms with Crippen molar-refractivity contribution in [2.45, 2.75) is 12.2 Å². The van der Waals surface area contributed by atoms with Crippen LogP contribution in [0.5, 0.6) is 0 Å². The predicted molar refractivity (Wildman–Crippen MR) is 52.1 cm³/mol. The van der Waals surface area contributed by atoms with Crippen LogP contribution in [0.3, 0.4) is 0 Å². The van der Waals surface area contributed by atoms with E-state index in [4.69, 9.17) is 0 Å². The summed E-state index contributed by atoms with van der Waals surface area (Å²) in [7, 11) is 3.68. The van der Waals surface area contributed by atoms with Crippen LogP contribution in [0.15, 0.2) is 35.8 Å². The van der Waals surface area contributed by atoms with Crippen molar-refractivity contribution in [2.75, 3.05) is 0 Å². The molecule has 0 aromatic rings. The molecule has 1 atom stereocenters. The third-order valence-electron chi connectivity index (χ3n) is 1.09. The Hall–Kier alpha value is -0.0800. The van der Waals surface area contributed by atoms with Crippen molar-refractivity contribution in [1.82, 2.24) is 0 Å². The minimum atomic E-state index is 0.584. The zero-order valence-corrected chi connectivity index (χ0v) is 7.49. The molecule has 1 unspecified atom stereocenters. The SMILES string of the molecule is CC=CC=CC1C=CSS1. The Morgan fingerprint density at radius 1 is 1.40 bits per heavy atom. The summed E-state index contributed by atoms with van der Waals surface area (Å²) >= 11 is 0. The van der Waals surface area contributed by atoms with Gasteiger partial charge in [-0.3, -0.25) is 0 Å². The summed E-state index contributed by atoms with van der Waals surface area (Å²) in [6.45, 7) is 2.02. The lowest BCUT2D eigenvalue weighted by Gasteiger charge is -1.93. The van der Waals surface area contributed by atoms with E-state index in [0.717, 1.165) is 0 Å². The third-order valence-corrected chi connectivity index (χ3v) is 3.34. The molecule has 1 aliphatic rings. The zero-order chi connectivity index (χ0) is 7.23. The lowest BCUT2D eigenvalue weighted by atomic mass is 10.3. The lowest BCUT2D eigenvalue weighted by Crippen LogP contribution is -1.83. The Morgan fingerprint density at radius 2 is 2.30 bits per heavy atom. The minimum Gasteiger partial charge on any atom is -0.0877 e. The summed E-state index contributed by atoms with van der Waals surface area (Å²) in [5, 5.41) is 2.72. The molecule has 0 fully saturated rings. The van der Waals surface area contributed by atoms with Crippen LogP contribution in [0.1, 0.15) is 6.92 Å². The number of rotatable bonds is 2. The molecule has 0 bridgehead atoms. The Morgan fingerprint density at radius 3 is 2.90 bits per heavy atom. The second kappa shape index (κ2) is 4.69. The van der Waals surface area contributed by atoms with Gasteiger partial charge in [-0.05, 0) is 12.3 Å². The van der Waals surface area contributed by atoms with Gasteiger partial charge in [0.05, 0.1) is 5.25 Å². The van der Waals surface area contributed by atoms with E-state index >= 15 is 0 Å². The second-order valence-corrected chi connectivity index (χ2v) is 4.25. The van der Waals surface area contributed by atoms with E-state index in [1.807, 2.05) is 23.8 Å². The maximum Gasteiger partial charge on any atom is 0.0526 e. The van der Waals surface area contributed by atoms with Gasteiger partial charge in [0.15, 0.2) is 0 Å². The summed E-state index contributed by atoms with van der Waals surface area (Å²) in [5.74, 6) is 0. The van der Waals surface area contributed by atoms with Crippen LogP contribution >= 0.6 is 21.6 Å². The molecular weight excluding hydrogens is 160 g/mol. The van der Waals surface area contributed by atoms with E-state index in [9.17, 15) is 0 Å². The Kier molecular flexibility index (Phi) is 3.76. The molecule has 0 saturated heterocycles. The highest BCUT2D eigenvalue weighted by Crippen LogP contribution is 2.35. The summed E-state index contributed by atoms with van der Waals surface area (Å²) in [6, 6.07) is 0. The second-order valence-electron chi connectivity index (χ2n) is 1.90. The fourth-order valence-electron chi connectivity index (χ4n) is 0.619. The molecule has 0 aromatic heterocycles. The Bertz CT molecular complexity index is 168. The third kappa shape index (κ3) is 2.67. The molecule has 0 aromatic carbocycles. The molecule has 0 amide bonds. The first-order valence-electron chi connectivity index (χ1n) is 3.22. The van der Waals surface area contributed by atoms with Crippen molar-refractivity contribution in [3.8, 4) is 0 Å². The van der Waals surface area contributed by atoms with E-state index in [0.29, 0.717) is 5.25 Å². The normalized spacial score (nSPS) is 25.5. The van der Waals surface area contributed by atoms with Crippen molar-refractivity contribution in [3.63, 3.8) is 0 Å². The van der Waals surface area contributed by atoms with Crippen LogP contribution in [0.4, 0.5) is 0 Å². The molecular formula is C8H10S2. The fraction of sp³-hybridized carbons (Fsp3) is 0.250. The van der Waals surface area contributed by atoms with Gasteiger partial charge in [0.25, 0.3) is 0 Å². The largest absolute Gasteiger partial charge is 0.0877 e. The summed E-state index contributed by atoms with van der Waals surface area (Å²) in [5.41, 5.74) is 0. The molecule has 0 N–H and O–H groups in total. The molecule has 0 aliphatic carbocycles. The van der Waals surface area contributed by atoms with Gasteiger partial charge in [-0.25, -0.2) is 0 Å². The molecule has 0 spiro atoms. The van der Waals surface area contributed by atoms with Crippen molar-refractivity contribution in [3.05, 3.63) is 35.8 Å². The fourth-order valence-corrected chi connectivity index (χ4v) is 2.60. The molecule has 0 radical (unpaired) electrons. The molecule has 2 heteroatoms. The molecule has 54 valence electrons. The van der Waals surface area contributed by atoms with Gasteiger partial charge < -0.3 is 0 Å². The zero-order valence-electron chi connectivity index (χ0n) is 5.86. The Balaban J connectivity index is 2.30. The van der Waals surface area contributed by atoms with Crippen LogP contribution < -0.4 is 0 Å². The topological polar surface area (TPSA) is 0 Å². The highest BCUT2D eigenvalue weighted by molar-refractivity contribution is 8.78. The highest BCUT2D eigenvalue weighted by atomic mass is 33.1. The minimum absolute atomic E-state index is 0.584. The smallest absolute Gasteiger partial charge is 0.0526 e. The van der Waals surface area contributed by atoms with E-state index < -0.39 is 0 Å². The van der Waals surface area contributed by atoms with Crippen molar-refractivity contribution in [2.24, 2.45) is 0 Å². The summed E-state index contributed by atoms with van der Waals surface area (Å²) in [6.07, 6.45) is 10.6. The average Bonchev–Trinajstić information content (AvgIpc) is 2.41. The van der Waals surface area contributed by atoms with Crippen molar-refractivity contribution < 1.29 is 0 Å². The van der Waals surface area contributed by atoms with Gasteiger partial charge in [-0.1, -0.05) is 52.0 Å². The molecule has 10 heavy (non-hydrogen) atoms. The van der Waals surface area contributed by atoms with Crippen LogP contribution in [-0.4, -0.2) is 5.25 Å². The van der Waals surface area contributed by atoms with Gasteiger partial charge in [0.2, 0.25) is 0 Å². The van der Waals surface area contributed by atoms with Crippen LogP contribution in [0.25, 0.3) is 0 Å². The predicted octanol–water partition coefficient (Wildman–Crippen LogP) is 3.40. The average molecular weight is 170 g/mol. The first-order valence-corrected chi connectivity index (χ1v) is 5.49. The first kappa shape index (κ1) is 8.02. The number of hydrogen-bond acceptors (Lipinski definition) is 2. The Labute approximate surface area is 69.9 Å². The van der Waals surface area contributed by atoms with Crippen molar-refractivity contribution in [1.29, 1.82) is 0 Å². The van der Waals surface area contributed by atoms with E-state index in [1.54, 1.807) is 10.8 Å². The maximum absolute atomic E-state index is 2.20. The standard InChI is InChI=1S/C8H10S2/c1-2-3-4-5-8-6-7-9-10-8/h2-8H,1H3. The van der Waals surface area contributed by atoms with Crippen LogP contribution in [0, 0.1) is 0 Å². The van der Waals surface area contributed by atoms with Gasteiger partial charge in [0.1, 0.15) is 0 Å². The molecule has 1 rings (SSSR count). The van der Waals surface area contributed by atoms with Gasteiger partial charge in [-0.15, -0.1) is 0 Å². The molecule has 0 nitrogen and oxygen atoms in total. The number of hydrogen-bond donors (Lipinski definition) is 0. The molecule has 0 saturated carbocycles. The summed E-state index contributed by atoms with van der Waals surface area (Å²) in [4.78, 5) is 0. The van der Waals surface area contributed by atoms with Gasteiger partial charge in [0, 0.05) is 0 Å². The number of allylic oxidation sites excluding steroid dienone is 3. The van der Waals surface area contributed by atoms with Crippen LogP contribution in [-0.2, 0) is 0 Å². The van der Waals surface area contributed by atoms with E-state index in [1.165, 1.54) is 0 Å². The maximum atomic E-state index is 2.20. The molecule has 1 heterocycles. The van der Waals surface area contributed by atoms with E-state index in [-0.39, 0.29) is 0 Å². The van der Waals surface area contributed by atoms with Crippen LogP contribution in [0.2, 0.25) is 0 Å². The van der Waals surface area contributed by atoms with Crippen molar-refractivity contribution >= 4 is 21.6 Å². The monoisotopic (exact) mass is 170 g/mol. The van der Waals surface area contributed by atoms with Gasteiger partial charge >= 0.3 is 0 Å².